The SMILES string of the molecule is NCCc1n[nH]c(Cc2ccc(Br)cc2)n1. The van der Waals surface area contributed by atoms with Crippen LogP contribution in [0.15, 0.2) is 28.7 Å². The summed E-state index contributed by atoms with van der Waals surface area (Å²) < 4.78 is 1.08. The summed E-state index contributed by atoms with van der Waals surface area (Å²) in [7, 11) is 0. The molecule has 0 saturated heterocycles. The van der Waals surface area contributed by atoms with Crippen LogP contribution in [0.1, 0.15) is 17.2 Å². The molecule has 84 valence electrons. The zero-order chi connectivity index (χ0) is 11.4. The lowest BCUT2D eigenvalue weighted by Gasteiger charge is -1.97. The first-order valence-corrected chi connectivity index (χ1v) is 5.92. The Hall–Kier alpha value is -1.20. The van der Waals surface area contributed by atoms with Crippen LogP contribution in [0.5, 0.6) is 0 Å². The standard InChI is InChI=1S/C11H13BrN4/c12-9-3-1-8(2-4-9)7-11-14-10(5-6-13)15-16-11/h1-4H,5-7,13H2,(H,14,15,16). The fourth-order valence-corrected chi connectivity index (χ4v) is 1.71. The van der Waals surface area contributed by atoms with Gasteiger partial charge in [-0.2, -0.15) is 5.10 Å². The summed E-state index contributed by atoms with van der Waals surface area (Å²) >= 11 is 3.41. The molecular formula is C11H13BrN4. The Labute approximate surface area is 102 Å². The van der Waals surface area contributed by atoms with E-state index < -0.39 is 0 Å². The number of aromatic amines is 1. The van der Waals surface area contributed by atoms with Crippen LogP contribution in [0, 0.1) is 0 Å². The molecule has 4 nitrogen and oxygen atoms in total. The Morgan fingerprint density at radius 3 is 2.69 bits per heavy atom. The van der Waals surface area contributed by atoms with E-state index >= 15 is 0 Å². The van der Waals surface area contributed by atoms with Gasteiger partial charge in [0.25, 0.3) is 0 Å². The third kappa shape index (κ3) is 2.90. The highest BCUT2D eigenvalue weighted by atomic mass is 79.9. The van der Waals surface area contributed by atoms with E-state index in [1.165, 1.54) is 5.56 Å². The smallest absolute Gasteiger partial charge is 0.151 e. The predicted octanol–water partition coefficient (Wildman–Crippen LogP) is 1.66. The van der Waals surface area contributed by atoms with Crippen molar-refractivity contribution in [2.45, 2.75) is 12.8 Å². The summed E-state index contributed by atoms with van der Waals surface area (Å²) in [5.74, 6) is 1.67. The zero-order valence-electron chi connectivity index (χ0n) is 8.78. The van der Waals surface area contributed by atoms with Crippen molar-refractivity contribution in [1.82, 2.24) is 15.2 Å². The summed E-state index contributed by atoms with van der Waals surface area (Å²) in [6, 6.07) is 8.17. The van der Waals surface area contributed by atoms with Crippen molar-refractivity contribution in [3.05, 3.63) is 46.0 Å². The molecule has 0 aliphatic carbocycles. The molecule has 0 spiro atoms. The highest BCUT2D eigenvalue weighted by molar-refractivity contribution is 9.10. The minimum atomic E-state index is 0.579. The van der Waals surface area contributed by atoms with E-state index in [1.54, 1.807) is 0 Å². The number of nitrogens with two attached hydrogens (primary N) is 1. The van der Waals surface area contributed by atoms with Crippen molar-refractivity contribution in [3.63, 3.8) is 0 Å². The first-order chi connectivity index (χ1) is 7.78. The van der Waals surface area contributed by atoms with Crippen molar-refractivity contribution in [2.24, 2.45) is 5.73 Å². The molecule has 0 atom stereocenters. The van der Waals surface area contributed by atoms with Crippen LogP contribution < -0.4 is 5.73 Å². The summed E-state index contributed by atoms with van der Waals surface area (Å²) in [5.41, 5.74) is 6.65. The maximum absolute atomic E-state index is 5.44. The molecule has 5 heteroatoms. The second kappa shape index (κ2) is 5.23. The molecule has 2 rings (SSSR count). The number of nitrogens with one attached hydrogen (secondary N) is 1. The van der Waals surface area contributed by atoms with Crippen LogP contribution in [0.4, 0.5) is 0 Å². The second-order valence-corrected chi connectivity index (χ2v) is 4.46. The van der Waals surface area contributed by atoms with Crippen LogP contribution in [-0.2, 0) is 12.8 Å². The van der Waals surface area contributed by atoms with Crippen LogP contribution in [0.3, 0.4) is 0 Å². The summed E-state index contributed by atoms with van der Waals surface area (Å²) in [6.07, 6.45) is 1.49. The summed E-state index contributed by atoms with van der Waals surface area (Å²) in [4.78, 5) is 4.36. The van der Waals surface area contributed by atoms with Gasteiger partial charge >= 0.3 is 0 Å². The summed E-state index contributed by atoms with van der Waals surface area (Å²) in [5, 5.41) is 7.02. The topological polar surface area (TPSA) is 67.6 Å². The quantitative estimate of drug-likeness (QED) is 0.895. The lowest BCUT2D eigenvalue weighted by molar-refractivity contribution is 0.874. The van der Waals surface area contributed by atoms with Gasteiger partial charge in [0.05, 0.1) is 0 Å². The van der Waals surface area contributed by atoms with Crippen LogP contribution in [-0.4, -0.2) is 21.7 Å². The second-order valence-electron chi connectivity index (χ2n) is 3.54. The van der Waals surface area contributed by atoms with Gasteiger partial charge in [-0.3, -0.25) is 5.10 Å². The van der Waals surface area contributed by atoms with Crippen molar-refractivity contribution in [2.75, 3.05) is 6.54 Å². The van der Waals surface area contributed by atoms with Gasteiger partial charge in [0.15, 0.2) is 5.82 Å². The van der Waals surface area contributed by atoms with Crippen molar-refractivity contribution >= 4 is 15.9 Å². The number of aromatic nitrogens is 3. The molecule has 0 saturated carbocycles. The van der Waals surface area contributed by atoms with Gasteiger partial charge in [-0.15, -0.1) is 0 Å². The van der Waals surface area contributed by atoms with Crippen LogP contribution in [0.2, 0.25) is 0 Å². The van der Waals surface area contributed by atoms with E-state index in [-0.39, 0.29) is 0 Å². The number of halogens is 1. The number of hydrogen-bond acceptors (Lipinski definition) is 3. The van der Waals surface area contributed by atoms with E-state index in [1.807, 2.05) is 12.1 Å². The van der Waals surface area contributed by atoms with E-state index in [9.17, 15) is 0 Å². The highest BCUT2D eigenvalue weighted by Crippen LogP contribution is 2.12. The number of hydrogen-bond donors (Lipinski definition) is 2. The van der Waals surface area contributed by atoms with Gasteiger partial charge in [-0.25, -0.2) is 4.98 Å². The molecule has 0 fully saturated rings. The predicted molar refractivity (Wildman–Crippen MR) is 66.1 cm³/mol. The van der Waals surface area contributed by atoms with Crippen molar-refractivity contribution in [3.8, 4) is 0 Å². The minimum absolute atomic E-state index is 0.579. The fraction of sp³-hybridized carbons (Fsp3) is 0.273. The Kier molecular flexibility index (Phi) is 3.69. The third-order valence-corrected chi connectivity index (χ3v) is 2.76. The maximum atomic E-state index is 5.44. The van der Waals surface area contributed by atoms with Crippen molar-refractivity contribution in [1.29, 1.82) is 0 Å². The lowest BCUT2D eigenvalue weighted by atomic mass is 10.1. The molecular weight excluding hydrogens is 268 g/mol. The van der Waals surface area contributed by atoms with Gasteiger partial charge < -0.3 is 5.73 Å². The molecule has 0 radical (unpaired) electrons. The Balaban J connectivity index is 2.05. The molecule has 1 heterocycles. The van der Waals surface area contributed by atoms with Crippen LogP contribution >= 0.6 is 15.9 Å². The summed E-state index contributed by atoms with van der Waals surface area (Å²) in [6.45, 7) is 0.579. The maximum Gasteiger partial charge on any atom is 0.151 e. The van der Waals surface area contributed by atoms with E-state index in [2.05, 4.69) is 43.2 Å². The molecule has 3 N–H and O–H groups in total. The highest BCUT2D eigenvalue weighted by Gasteiger charge is 2.03. The molecule has 2 aromatic rings. The molecule has 0 aliphatic heterocycles. The first-order valence-electron chi connectivity index (χ1n) is 5.12. The van der Waals surface area contributed by atoms with Gasteiger partial charge in [0.1, 0.15) is 5.82 Å². The largest absolute Gasteiger partial charge is 0.330 e. The fourth-order valence-electron chi connectivity index (χ4n) is 1.45. The van der Waals surface area contributed by atoms with E-state index in [4.69, 9.17) is 5.73 Å². The molecule has 0 amide bonds. The Morgan fingerprint density at radius 2 is 2.00 bits per heavy atom. The number of nitrogens with zero attached hydrogens (tertiary/aromatic N) is 2. The molecule has 0 aliphatic rings. The zero-order valence-corrected chi connectivity index (χ0v) is 10.4. The molecule has 1 aromatic heterocycles. The third-order valence-electron chi connectivity index (χ3n) is 2.23. The Morgan fingerprint density at radius 1 is 1.25 bits per heavy atom. The average Bonchev–Trinajstić information content (AvgIpc) is 2.70. The Bertz CT molecular complexity index is 449. The van der Waals surface area contributed by atoms with Crippen molar-refractivity contribution < 1.29 is 0 Å². The van der Waals surface area contributed by atoms with Gasteiger partial charge in [0, 0.05) is 17.3 Å². The molecule has 0 unspecified atom stereocenters. The van der Waals surface area contributed by atoms with Gasteiger partial charge in [0.2, 0.25) is 0 Å². The van der Waals surface area contributed by atoms with Crippen LogP contribution in [0.25, 0.3) is 0 Å². The van der Waals surface area contributed by atoms with Gasteiger partial charge in [-0.05, 0) is 24.2 Å². The normalized spacial score (nSPS) is 10.6. The minimum Gasteiger partial charge on any atom is -0.330 e. The monoisotopic (exact) mass is 280 g/mol. The average molecular weight is 281 g/mol. The lowest BCUT2D eigenvalue weighted by Crippen LogP contribution is -2.04. The number of rotatable bonds is 4. The number of benzene rings is 1. The first kappa shape index (κ1) is 11.3. The van der Waals surface area contributed by atoms with Gasteiger partial charge in [-0.1, -0.05) is 28.1 Å². The number of H-pyrrole nitrogens is 1. The molecule has 0 bridgehead atoms. The molecule has 16 heavy (non-hydrogen) atoms. The van der Waals surface area contributed by atoms with E-state index in [0.717, 1.165) is 29.0 Å². The van der Waals surface area contributed by atoms with E-state index in [0.29, 0.717) is 6.54 Å². The molecule has 1 aromatic carbocycles.